The molecule has 2 aromatic heterocycles. The van der Waals surface area contributed by atoms with Crippen LogP contribution in [-0.2, 0) is 6.42 Å². The van der Waals surface area contributed by atoms with Crippen molar-refractivity contribution < 1.29 is 13.5 Å². The highest BCUT2D eigenvalue weighted by molar-refractivity contribution is 9.10. The van der Waals surface area contributed by atoms with Gasteiger partial charge in [-0.2, -0.15) is 8.78 Å². The third kappa shape index (κ3) is 3.78. The highest BCUT2D eigenvalue weighted by atomic mass is 79.9. The Bertz CT molecular complexity index is 1250. The standard InChI is InChI=1S/C22H16BrClF2N4O/c23-14-3-1-4-18(31-22(25)26)20(14)17-9-12(10-19-27-7-2-8-28-19)21-29-15-6-5-13(24)11-16(15)30(17)21/h1-8,11-12,17,22H,9-10H2/t12-,17+/m0/s1. The first-order valence-corrected chi connectivity index (χ1v) is 10.8. The topological polar surface area (TPSA) is 52.8 Å². The molecular weight excluding hydrogens is 490 g/mol. The van der Waals surface area contributed by atoms with E-state index in [-0.39, 0.29) is 17.7 Å². The Morgan fingerprint density at radius 2 is 1.97 bits per heavy atom. The zero-order chi connectivity index (χ0) is 21.5. The zero-order valence-corrected chi connectivity index (χ0v) is 18.4. The number of nitrogens with zero attached hydrogens (tertiary/aromatic N) is 4. The van der Waals surface area contributed by atoms with Gasteiger partial charge in [-0.05, 0) is 42.8 Å². The molecule has 0 amide bonds. The summed E-state index contributed by atoms with van der Waals surface area (Å²) >= 11 is 9.82. The molecule has 5 rings (SSSR count). The normalized spacial score (nSPS) is 18.0. The van der Waals surface area contributed by atoms with Crippen LogP contribution in [0.4, 0.5) is 8.78 Å². The Morgan fingerprint density at radius 3 is 2.74 bits per heavy atom. The molecule has 0 N–H and O–H groups in total. The van der Waals surface area contributed by atoms with Gasteiger partial charge in [-0.3, -0.25) is 0 Å². The van der Waals surface area contributed by atoms with Crippen LogP contribution < -0.4 is 4.74 Å². The molecule has 31 heavy (non-hydrogen) atoms. The van der Waals surface area contributed by atoms with Crippen LogP contribution >= 0.6 is 27.5 Å². The summed E-state index contributed by atoms with van der Waals surface area (Å²) in [6.07, 6.45) is 4.65. The van der Waals surface area contributed by atoms with Crippen LogP contribution in [0.2, 0.25) is 5.02 Å². The highest BCUT2D eigenvalue weighted by Crippen LogP contribution is 2.48. The molecule has 4 aromatic rings. The van der Waals surface area contributed by atoms with Crippen LogP contribution in [0, 0.1) is 0 Å². The number of fused-ring (bicyclic) bond motifs is 3. The van der Waals surface area contributed by atoms with E-state index in [0.717, 1.165) is 16.9 Å². The first kappa shape index (κ1) is 20.3. The largest absolute Gasteiger partial charge is 0.434 e. The number of imidazole rings is 1. The van der Waals surface area contributed by atoms with Gasteiger partial charge in [-0.15, -0.1) is 0 Å². The molecule has 9 heteroatoms. The number of alkyl halides is 2. The molecule has 5 nitrogen and oxygen atoms in total. The van der Waals surface area contributed by atoms with Crippen LogP contribution in [0.3, 0.4) is 0 Å². The molecule has 0 unspecified atom stereocenters. The molecule has 1 aliphatic rings. The molecule has 158 valence electrons. The number of hydrogen-bond acceptors (Lipinski definition) is 4. The van der Waals surface area contributed by atoms with Crippen molar-refractivity contribution in [3.8, 4) is 5.75 Å². The van der Waals surface area contributed by atoms with E-state index in [1.165, 1.54) is 0 Å². The summed E-state index contributed by atoms with van der Waals surface area (Å²) in [6.45, 7) is -2.92. The van der Waals surface area contributed by atoms with E-state index in [1.54, 1.807) is 36.7 Å². The minimum Gasteiger partial charge on any atom is -0.434 e. The van der Waals surface area contributed by atoms with Crippen LogP contribution in [0.1, 0.15) is 35.6 Å². The summed E-state index contributed by atoms with van der Waals surface area (Å²) in [7, 11) is 0. The van der Waals surface area contributed by atoms with E-state index in [4.69, 9.17) is 21.3 Å². The van der Waals surface area contributed by atoms with Gasteiger partial charge in [-0.25, -0.2) is 15.0 Å². The molecule has 0 aliphatic carbocycles. The number of benzene rings is 2. The lowest BCUT2D eigenvalue weighted by Gasteiger charge is -2.20. The number of halogens is 4. The summed E-state index contributed by atoms with van der Waals surface area (Å²) in [5.74, 6) is 1.71. The molecule has 2 atom stereocenters. The minimum absolute atomic E-state index is 0.00471. The Kier molecular flexibility index (Phi) is 5.35. The lowest BCUT2D eigenvalue weighted by molar-refractivity contribution is -0.0507. The molecule has 3 heterocycles. The monoisotopic (exact) mass is 504 g/mol. The van der Waals surface area contributed by atoms with Gasteiger partial charge in [0.2, 0.25) is 0 Å². The fourth-order valence-electron chi connectivity index (χ4n) is 4.30. The average Bonchev–Trinajstić information content (AvgIpc) is 3.26. The molecular formula is C22H16BrClF2N4O. The van der Waals surface area contributed by atoms with Crippen LogP contribution in [-0.4, -0.2) is 26.1 Å². The van der Waals surface area contributed by atoms with Gasteiger partial charge in [0.05, 0.1) is 17.1 Å². The molecule has 1 aliphatic heterocycles. The Morgan fingerprint density at radius 1 is 1.16 bits per heavy atom. The Labute approximate surface area is 190 Å². The smallest absolute Gasteiger partial charge is 0.387 e. The van der Waals surface area contributed by atoms with Gasteiger partial charge in [0.1, 0.15) is 17.4 Å². The van der Waals surface area contributed by atoms with E-state index < -0.39 is 6.61 Å². The lowest BCUT2D eigenvalue weighted by atomic mass is 9.95. The van der Waals surface area contributed by atoms with Gasteiger partial charge < -0.3 is 9.30 Å². The Balaban J connectivity index is 1.67. The predicted molar refractivity (Wildman–Crippen MR) is 117 cm³/mol. The van der Waals surface area contributed by atoms with Crippen molar-refractivity contribution in [2.24, 2.45) is 0 Å². The fraction of sp³-hybridized carbons (Fsp3) is 0.227. The first-order valence-electron chi connectivity index (χ1n) is 9.67. The second-order valence-corrected chi connectivity index (χ2v) is 8.61. The van der Waals surface area contributed by atoms with Gasteiger partial charge >= 0.3 is 6.61 Å². The van der Waals surface area contributed by atoms with Crippen molar-refractivity contribution in [3.63, 3.8) is 0 Å². The van der Waals surface area contributed by atoms with Crippen molar-refractivity contribution in [1.82, 2.24) is 19.5 Å². The van der Waals surface area contributed by atoms with Crippen molar-refractivity contribution in [3.05, 3.63) is 81.6 Å². The summed E-state index contributed by atoms with van der Waals surface area (Å²) in [6, 6.07) is 12.1. The van der Waals surface area contributed by atoms with Crippen molar-refractivity contribution in [2.45, 2.75) is 31.4 Å². The van der Waals surface area contributed by atoms with Gasteiger partial charge in [0, 0.05) is 39.8 Å². The highest BCUT2D eigenvalue weighted by Gasteiger charge is 2.38. The van der Waals surface area contributed by atoms with Crippen molar-refractivity contribution in [2.75, 3.05) is 0 Å². The van der Waals surface area contributed by atoms with Crippen LogP contribution in [0.25, 0.3) is 11.0 Å². The zero-order valence-electron chi connectivity index (χ0n) is 16.1. The summed E-state index contributed by atoms with van der Waals surface area (Å²) in [5.41, 5.74) is 2.30. The quantitative estimate of drug-likeness (QED) is 0.326. The van der Waals surface area contributed by atoms with E-state index in [0.29, 0.717) is 33.7 Å². The summed E-state index contributed by atoms with van der Waals surface area (Å²) in [5, 5.41) is 0.583. The van der Waals surface area contributed by atoms with E-state index >= 15 is 0 Å². The van der Waals surface area contributed by atoms with Crippen molar-refractivity contribution in [1.29, 1.82) is 0 Å². The molecule has 0 fully saturated rings. The fourth-order valence-corrected chi connectivity index (χ4v) is 5.08. The lowest BCUT2D eigenvalue weighted by Crippen LogP contribution is -2.11. The second kappa shape index (κ2) is 8.16. The van der Waals surface area contributed by atoms with Crippen LogP contribution in [0.5, 0.6) is 5.75 Å². The van der Waals surface area contributed by atoms with Gasteiger partial charge in [-0.1, -0.05) is 33.6 Å². The van der Waals surface area contributed by atoms with Gasteiger partial charge in [0.25, 0.3) is 0 Å². The summed E-state index contributed by atoms with van der Waals surface area (Å²) in [4.78, 5) is 13.6. The van der Waals surface area contributed by atoms with E-state index in [2.05, 4.69) is 30.5 Å². The maximum atomic E-state index is 13.1. The maximum Gasteiger partial charge on any atom is 0.387 e. The third-order valence-corrected chi connectivity index (χ3v) is 6.40. The number of hydrogen-bond donors (Lipinski definition) is 0. The molecule has 0 bridgehead atoms. The molecule has 0 saturated carbocycles. The van der Waals surface area contributed by atoms with Crippen LogP contribution in [0.15, 0.2) is 59.3 Å². The van der Waals surface area contributed by atoms with Crippen molar-refractivity contribution >= 4 is 38.6 Å². The number of aromatic nitrogens is 4. The SMILES string of the molecule is FC(F)Oc1cccc(Br)c1[C@H]1C[C@@H](Cc2ncccn2)c2nc3ccc(Cl)cc3n21. The minimum atomic E-state index is -2.92. The molecule has 0 saturated heterocycles. The molecule has 0 spiro atoms. The summed E-state index contributed by atoms with van der Waals surface area (Å²) < 4.78 is 33.9. The average molecular weight is 506 g/mol. The second-order valence-electron chi connectivity index (χ2n) is 7.32. The number of rotatable bonds is 5. The van der Waals surface area contributed by atoms with E-state index in [9.17, 15) is 8.78 Å². The third-order valence-electron chi connectivity index (χ3n) is 5.47. The predicted octanol–water partition coefficient (Wildman–Crippen LogP) is 6.16. The van der Waals surface area contributed by atoms with E-state index in [1.807, 2.05) is 18.2 Å². The Hall–Kier alpha value is -2.58. The molecule has 0 radical (unpaired) electrons. The maximum absolute atomic E-state index is 13.1. The first-order chi connectivity index (χ1) is 15.0. The van der Waals surface area contributed by atoms with Gasteiger partial charge in [0.15, 0.2) is 0 Å². The molecule has 2 aromatic carbocycles. The number of ether oxygens (including phenoxy) is 1.